The lowest BCUT2D eigenvalue weighted by Gasteiger charge is -2.04. The van der Waals surface area contributed by atoms with Gasteiger partial charge in [0.25, 0.3) is 0 Å². The van der Waals surface area contributed by atoms with Crippen LogP contribution in [0.3, 0.4) is 0 Å². The van der Waals surface area contributed by atoms with Gasteiger partial charge >= 0.3 is 0 Å². The van der Waals surface area contributed by atoms with Crippen LogP contribution in [0, 0.1) is 0 Å². The molecule has 2 rings (SSSR count). The summed E-state index contributed by atoms with van der Waals surface area (Å²) in [5.41, 5.74) is 0.937. The number of carbonyl (C=O) groups excluding carboxylic acids is 1. The highest BCUT2D eigenvalue weighted by Crippen LogP contribution is 2.13. The molecule has 92 valence electrons. The van der Waals surface area contributed by atoms with Gasteiger partial charge in [0.1, 0.15) is 4.60 Å². The molecule has 0 saturated carbocycles. The van der Waals surface area contributed by atoms with E-state index >= 15 is 0 Å². The quantitative estimate of drug-likeness (QED) is 0.902. The molecule has 0 radical (unpaired) electrons. The second-order valence-electron chi connectivity index (χ2n) is 3.58. The molecule has 1 heterocycles. The molecule has 1 aromatic heterocycles. The fraction of sp³-hybridized carbons (Fsp3) is 0.0833. The summed E-state index contributed by atoms with van der Waals surface area (Å²) in [6, 6.07) is 7.62. The number of nitrogens with zero attached hydrogens (tertiary/aromatic N) is 2. The lowest BCUT2D eigenvalue weighted by Crippen LogP contribution is -2.15. The molecular weight excluding hydrogens is 362 g/mol. The molecule has 1 aromatic carbocycles. The monoisotopic (exact) mass is 369 g/mol. The Morgan fingerprint density at radius 1 is 1.22 bits per heavy atom. The molecule has 0 saturated heterocycles. The maximum Gasteiger partial charge on any atom is 0.229 e. The molecular formula is C12H9Br2N3O. The highest BCUT2D eigenvalue weighted by Gasteiger charge is 2.05. The summed E-state index contributed by atoms with van der Waals surface area (Å²) in [5.74, 6) is 0.322. The number of benzene rings is 1. The zero-order valence-corrected chi connectivity index (χ0v) is 12.4. The molecule has 4 nitrogen and oxygen atoms in total. The summed E-state index contributed by atoms with van der Waals surface area (Å²) in [5, 5.41) is 2.69. The van der Waals surface area contributed by atoms with Gasteiger partial charge in [-0.2, -0.15) is 0 Å². The fourth-order valence-electron chi connectivity index (χ4n) is 1.40. The molecule has 0 aliphatic carbocycles. The molecule has 0 spiro atoms. The Morgan fingerprint density at radius 3 is 2.72 bits per heavy atom. The zero-order chi connectivity index (χ0) is 13.0. The number of aromatic nitrogens is 2. The van der Waals surface area contributed by atoms with Gasteiger partial charge in [0, 0.05) is 4.47 Å². The Bertz CT molecular complexity index is 558. The van der Waals surface area contributed by atoms with Crippen LogP contribution >= 0.6 is 31.9 Å². The van der Waals surface area contributed by atoms with Crippen molar-refractivity contribution in [2.75, 3.05) is 5.32 Å². The third kappa shape index (κ3) is 3.89. The predicted molar refractivity (Wildman–Crippen MR) is 76.2 cm³/mol. The number of carbonyl (C=O) groups is 1. The molecule has 1 amide bonds. The van der Waals surface area contributed by atoms with E-state index in [0.717, 1.165) is 10.0 Å². The van der Waals surface area contributed by atoms with Crippen molar-refractivity contribution in [3.8, 4) is 0 Å². The Labute approximate surface area is 121 Å². The normalized spacial score (nSPS) is 10.1. The SMILES string of the molecule is O=C(Cc1cccc(Br)c1)Nc1cnc(Br)cn1. The van der Waals surface area contributed by atoms with Crippen LogP contribution in [0.15, 0.2) is 45.7 Å². The lowest BCUT2D eigenvalue weighted by molar-refractivity contribution is -0.115. The molecule has 0 aliphatic rings. The summed E-state index contributed by atoms with van der Waals surface area (Å²) in [4.78, 5) is 19.8. The van der Waals surface area contributed by atoms with Crippen LogP contribution in [0.1, 0.15) is 5.56 Å². The Kier molecular flexibility index (Phi) is 4.43. The Hall–Kier alpha value is -1.27. The van der Waals surface area contributed by atoms with E-state index in [2.05, 4.69) is 47.1 Å². The first-order valence-corrected chi connectivity index (χ1v) is 6.74. The standard InChI is InChI=1S/C12H9Br2N3O/c13-9-3-1-2-8(4-9)5-12(18)17-11-7-15-10(14)6-16-11/h1-4,6-7H,5H2,(H,16,17,18). The van der Waals surface area contributed by atoms with Gasteiger partial charge in [-0.3, -0.25) is 4.79 Å². The number of halogens is 2. The molecule has 0 aliphatic heterocycles. The number of hydrogen-bond donors (Lipinski definition) is 1. The summed E-state index contributed by atoms with van der Waals surface area (Å²) >= 11 is 6.55. The summed E-state index contributed by atoms with van der Waals surface area (Å²) in [7, 11) is 0. The smallest absolute Gasteiger partial charge is 0.229 e. The predicted octanol–water partition coefficient (Wildman–Crippen LogP) is 3.18. The van der Waals surface area contributed by atoms with Crippen molar-refractivity contribution < 1.29 is 4.79 Å². The number of nitrogens with one attached hydrogen (secondary N) is 1. The van der Waals surface area contributed by atoms with Gasteiger partial charge < -0.3 is 5.32 Å². The maximum absolute atomic E-state index is 11.8. The van der Waals surface area contributed by atoms with E-state index in [0.29, 0.717) is 16.8 Å². The minimum atomic E-state index is -0.121. The molecule has 0 fully saturated rings. The van der Waals surface area contributed by atoms with Crippen LogP contribution in [-0.4, -0.2) is 15.9 Å². The van der Waals surface area contributed by atoms with Crippen molar-refractivity contribution in [1.29, 1.82) is 0 Å². The van der Waals surface area contributed by atoms with Gasteiger partial charge in [-0.15, -0.1) is 0 Å². The van der Waals surface area contributed by atoms with Crippen molar-refractivity contribution in [3.63, 3.8) is 0 Å². The van der Waals surface area contributed by atoms with Gasteiger partial charge in [0.05, 0.1) is 18.8 Å². The van der Waals surface area contributed by atoms with Crippen molar-refractivity contribution in [2.45, 2.75) is 6.42 Å². The van der Waals surface area contributed by atoms with E-state index in [4.69, 9.17) is 0 Å². The van der Waals surface area contributed by atoms with E-state index in [1.54, 1.807) is 0 Å². The highest BCUT2D eigenvalue weighted by atomic mass is 79.9. The fourth-order valence-corrected chi connectivity index (χ4v) is 2.05. The van der Waals surface area contributed by atoms with Gasteiger partial charge in [0.15, 0.2) is 5.82 Å². The first-order chi connectivity index (χ1) is 8.63. The molecule has 6 heteroatoms. The van der Waals surface area contributed by atoms with Gasteiger partial charge in [-0.25, -0.2) is 9.97 Å². The minimum Gasteiger partial charge on any atom is -0.309 e. The molecule has 0 bridgehead atoms. The van der Waals surface area contributed by atoms with Crippen molar-refractivity contribution >= 4 is 43.6 Å². The number of anilines is 1. The van der Waals surface area contributed by atoms with Crippen LogP contribution in [0.2, 0.25) is 0 Å². The highest BCUT2D eigenvalue weighted by molar-refractivity contribution is 9.10. The first kappa shape index (κ1) is 13.2. The van der Waals surface area contributed by atoms with E-state index in [1.807, 2.05) is 24.3 Å². The van der Waals surface area contributed by atoms with E-state index in [-0.39, 0.29) is 5.91 Å². The number of hydrogen-bond acceptors (Lipinski definition) is 3. The third-order valence-electron chi connectivity index (χ3n) is 2.14. The second-order valence-corrected chi connectivity index (χ2v) is 5.31. The lowest BCUT2D eigenvalue weighted by atomic mass is 10.1. The van der Waals surface area contributed by atoms with Crippen molar-refractivity contribution in [3.05, 3.63) is 51.3 Å². The number of rotatable bonds is 3. The van der Waals surface area contributed by atoms with E-state index in [9.17, 15) is 4.79 Å². The molecule has 2 aromatic rings. The molecule has 0 atom stereocenters. The van der Waals surface area contributed by atoms with Gasteiger partial charge in [0.2, 0.25) is 5.91 Å². The van der Waals surface area contributed by atoms with Crippen molar-refractivity contribution in [1.82, 2.24) is 9.97 Å². The van der Waals surface area contributed by atoms with Crippen LogP contribution < -0.4 is 5.32 Å². The van der Waals surface area contributed by atoms with Gasteiger partial charge in [-0.05, 0) is 33.6 Å². The van der Waals surface area contributed by atoms with Gasteiger partial charge in [-0.1, -0.05) is 28.1 Å². The van der Waals surface area contributed by atoms with E-state index in [1.165, 1.54) is 12.4 Å². The maximum atomic E-state index is 11.8. The summed E-state index contributed by atoms with van der Waals surface area (Å²) < 4.78 is 1.59. The average Bonchev–Trinajstić information content (AvgIpc) is 2.32. The van der Waals surface area contributed by atoms with Crippen LogP contribution in [-0.2, 0) is 11.2 Å². The minimum absolute atomic E-state index is 0.121. The number of amides is 1. The van der Waals surface area contributed by atoms with Crippen LogP contribution in [0.4, 0.5) is 5.82 Å². The Balaban J connectivity index is 1.98. The average molecular weight is 371 g/mol. The molecule has 0 unspecified atom stereocenters. The molecule has 18 heavy (non-hydrogen) atoms. The largest absolute Gasteiger partial charge is 0.309 e. The third-order valence-corrected chi connectivity index (χ3v) is 3.04. The van der Waals surface area contributed by atoms with Crippen LogP contribution in [0.5, 0.6) is 0 Å². The summed E-state index contributed by atoms with van der Waals surface area (Å²) in [6.45, 7) is 0. The van der Waals surface area contributed by atoms with E-state index < -0.39 is 0 Å². The second kappa shape index (κ2) is 6.06. The first-order valence-electron chi connectivity index (χ1n) is 5.15. The topological polar surface area (TPSA) is 54.9 Å². The summed E-state index contributed by atoms with van der Waals surface area (Å²) in [6.07, 6.45) is 3.34. The van der Waals surface area contributed by atoms with Crippen LogP contribution in [0.25, 0.3) is 0 Å². The Morgan fingerprint density at radius 2 is 2.06 bits per heavy atom. The zero-order valence-electron chi connectivity index (χ0n) is 9.23. The van der Waals surface area contributed by atoms with Crippen molar-refractivity contribution in [2.24, 2.45) is 0 Å². The molecule has 1 N–H and O–H groups in total.